The molecular formula is C11H13FN4S. The number of rotatable bonds is 4. The van der Waals surface area contributed by atoms with Crippen LogP contribution in [0.5, 0.6) is 0 Å². The molecule has 0 aliphatic rings. The van der Waals surface area contributed by atoms with Gasteiger partial charge in [-0.1, -0.05) is 30.0 Å². The Bertz CT molecular complexity index is 498. The fourth-order valence-electron chi connectivity index (χ4n) is 1.36. The van der Waals surface area contributed by atoms with Crippen molar-refractivity contribution in [2.45, 2.75) is 30.8 Å². The summed E-state index contributed by atoms with van der Waals surface area (Å²) in [6.45, 7) is 4.01. The van der Waals surface area contributed by atoms with E-state index in [0.717, 1.165) is 0 Å². The lowest BCUT2D eigenvalue weighted by Gasteiger charge is -2.07. The van der Waals surface area contributed by atoms with Crippen LogP contribution in [-0.2, 0) is 5.75 Å². The second-order valence-corrected chi connectivity index (χ2v) is 4.82. The summed E-state index contributed by atoms with van der Waals surface area (Å²) < 4.78 is 15.1. The van der Waals surface area contributed by atoms with Crippen LogP contribution in [0.15, 0.2) is 29.4 Å². The third-order valence-corrected chi connectivity index (χ3v) is 3.25. The van der Waals surface area contributed by atoms with E-state index >= 15 is 0 Å². The summed E-state index contributed by atoms with van der Waals surface area (Å²) >= 11 is 1.44. The fourth-order valence-corrected chi connectivity index (χ4v) is 2.35. The van der Waals surface area contributed by atoms with E-state index in [0.29, 0.717) is 16.5 Å². The van der Waals surface area contributed by atoms with E-state index in [-0.39, 0.29) is 11.9 Å². The number of hydrogen-bond acceptors (Lipinski definition) is 4. The van der Waals surface area contributed by atoms with Crippen LogP contribution < -0.4 is 0 Å². The minimum Gasteiger partial charge on any atom is -0.218 e. The molecule has 0 atom stereocenters. The van der Waals surface area contributed by atoms with E-state index in [4.69, 9.17) is 0 Å². The van der Waals surface area contributed by atoms with Gasteiger partial charge < -0.3 is 0 Å². The molecule has 90 valence electrons. The quantitative estimate of drug-likeness (QED) is 0.785. The summed E-state index contributed by atoms with van der Waals surface area (Å²) in [5.74, 6) is 0.336. The van der Waals surface area contributed by atoms with Crippen LogP contribution in [-0.4, -0.2) is 20.2 Å². The lowest BCUT2D eigenvalue weighted by molar-refractivity contribution is 0.477. The standard InChI is InChI=1S/C11H13FN4S/c1-8(2)16-11(13-14-15-16)17-7-9-5-3-4-6-10(9)12/h3-6,8H,7H2,1-2H3. The first-order valence-corrected chi connectivity index (χ1v) is 6.31. The number of halogens is 1. The Kier molecular flexibility index (Phi) is 3.73. The summed E-state index contributed by atoms with van der Waals surface area (Å²) in [4.78, 5) is 0. The van der Waals surface area contributed by atoms with E-state index in [1.54, 1.807) is 16.8 Å². The van der Waals surface area contributed by atoms with Gasteiger partial charge in [-0.15, -0.1) is 5.10 Å². The molecule has 0 fully saturated rings. The number of hydrogen-bond donors (Lipinski definition) is 0. The topological polar surface area (TPSA) is 43.6 Å². The number of thioether (sulfide) groups is 1. The third-order valence-electron chi connectivity index (χ3n) is 2.27. The zero-order valence-corrected chi connectivity index (χ0v) is 10.5. The molecule has 0 saturated carbocycles. The van der Waals surface area contributed by atoms with Crippen LogP contribution >= 0.6 is 11.8 Å². The molecule has 0 aliphatic heterocycles. The van der Waals surface area contributed by atoms with E-state index in [1.807, 2.05) is 19.9 Å². The van der Waals surface area contributed by atoms with Crippen molar-refractivity contribution < 1.29 is 4.39 Å². The summed E-state index contributed by atoms with van der Waals surface area (Å²) in [5.41, 5.74) is 0.663. The number of aromatic nitrogens is 4. The van der Waals surface area contributed by atoms with Gasteiger partial charge in [-0.3, -0.25) is 0 Å². The van der Waals surface area contributed by atoms with Crippen molar-refractivity contribution in [2.24, 2.45) is 0 Å². The van der Waals surface area contributed by atoms with Crippen LogP contribution in [0, 0.1) is 5.82 Å². The monoisotopic (exact) mass is 252 g/mol. The summed E-state index contributed by atoms with van der Waals surface area (Å²) in [7, 11) is 0. The summed E-state index contributed by atoms with van der Waals surface area (Å²) in [5, 5.41) is 12.2. The predicted octanol–water partition coefficient (Wildman–Crippen LogP) is 2.69. The molecule has 2 aromatic rings. The highest BCUT2D eigenvalue weighted by atomic mass is 32.2. The Balaban J connectivity index is 2.08. The maximum Gasteiger partial charge on any atom is 0.209 e. The van der Waals surface area contributed by atoms with Crippen molar-refractivity contribution in [3.05, 3.63) is 35.6 Å². The van der Waals surface area contributed by atoms with E-state index in [2.05, 4.69) is 15.5 Å². The molecule has 17 heavy (non-hydrogen) atoms. The lowest BCUT2D eigenvalue weighted by atomic mass is 10.2. The molecule has 0 amide bonds. The minimum atomic E-state index is -0.191. The maximum atomic E-state index is 13.4. The van der Waals surface area contributed by atoms with Crippen molar-refractivity contribution in [1.29, 1.82) is 0 Å². The average Bonchev–Trinajstić information content (AvgIpc) is 2.76. The van der Waals surface area contributed by atoms with Gasteiger partial charge in [-0.2, -0.15) is 0 Å². The largest absolute Gasteiger partial charge is 0.218 e. The van der Waals surface area contributed by atoms with Gasteiger partial charge in [0.25, 0.3) is 0 Å². The Morgan fingerprint density at radius 2 is 2.12 bits per heavy atom. The Hall–Kier alpha value is -1.43. The van der Waals surface area contributed by atoms with Crippen LogP contribution in [0.1, 0.15) is 25.5 Å². The SMILES string of the molecule is CC(C)n1nnnc1SCc1ccccc1F. The van der Waals surface area contributed by atoms with Crippen molar-refractivity contribution in [3.63, 3.8) is 0 Å². The molecule has 0 unspecified atom stereocenters. The van der Waals surface area contributed by atoms with Gasteiger partial charge in [-0.05, 0) is 35.9 Å². The maximum absolute atomic E-state index is 13.4. The second kappa shape index (κ2) is 5.27. The molecule has 2 rings (SSSR count). The zero-order chi connectivity index (χ0) is 12.3. The molecule has 1 aromatic carbocycles. The van der Waals surface area contributed by atoms with Crippen molar-refractivity contribution >= 4 is 11.8 Å². The molecule has 1 aromatic heterocycles. The molecule has 4 nitrogen and oxygen atoms in total. The highest BCUT2D eigenvalue weighted by molar-refractivity contribution is 7.98. The van der Waals surface area contributed by atoms with Gasteiger partial charge in [0.1, 0.15) is 5.82 Å². The van der Waals surface area contributed by atoms with Crippen LogP contribution in [0.3, 0.4) is 0 Å². The highest BCUT2D eigenvalue weighted by Crippen LogP contribution is 2.23. The fraction of sp³-hybridized carbons (Fsp3) is 0.364. The smallest absolute Gasteiger partial charge is 0.209 e. The molecule has 0 N–H and O–H groups in total. The first kappa shape index (κ1) is 12.0. The molecule has 0 saturated heterocycles. The zero-order valence-electron chi connectivity index (χ0n) is 9.67. The van der Waals surface area contributed by atoms with E-state index in [9.17, 15) is 4.39 Å². The van der Waals surface area contributed by atoms with Crippen LogP contribution in [0.2, 0.25) is 0 Å². The molecule has 6 heteroatoms. The molecule has 0 bridgehead atoms. The molecule has 0 radical (unpaired) electrons. The molecular weight excluding hydrogens is 239 g/mol. The lowest BCUT2D eigenvalue weighted by Crippen LogP contribution is -2.04. The number of tetrazole rings is 1. The van der Waals surface area contributed by atoms with Gasteiger partial charge in [0.05, 0.1) is 6.04 Å². The van der Waals surface area contributed by atoms with E-state index < -0.39 is 0 Å². The van der Waals surface area contributed by atoms with Gasteiger partial charge in [0.2, 0.25) is 5.16 Å². The van der Waals surface area contributed by atoms with Crippen LogP contribution in [0.4, 0.5) is 4.39 Å². The van der Waals surface area contributed by atoms with Gasteiger partial charge in [-0.25, -0.2) is 9.07 Å². The van der Waals surface area contributed by atoms with Gasteiger partial charge in [0, 0.05) is 5.75 Å². The summed E-state index contributed by atoms with van der Waals surface area (Å²) in [6.07, 6.45) is 0. The van der Waals surface area contributed by atoms with Crippen molar-refractivity contribution in [1.82, 2.24) is 20.2 Å². The minimum absolute atomic E-state index is 0.191. The number of nitrogens with zero attached hydrogens (tertiary/aromatic N) is 4. The number of benzene rings is 1. The summed E-state index contributed by atoms with van der Waals surface area (Å²) in [6, 6.07) is 6.94. The van der Waals surface area contributed by atoms with Crippen molar-refractivity contribution in [3.8, 4) is 0 Å². The molecule has 0 spiro atoms. The van der Waals surface area contributed by atoms with E-state index in [1.165, 1.54) is 17.8 Å². The van der Waals surface area contributed by atoms with Gasteiger partial charge >= 0.3 is 0 Å². The van der Waals surface area contributed by atoms with Gasteiger partial charge in [0.15, 0.2) is 0 Å². The first-order chi connectivity index (χ1) is 8.18. The predicted molar refractivity (Wildman–Crippen MR) is 64.2 cm³/mol. The Labute approximate surface area is 103 Å². The Morgan fingerprint density at radius 3 is 2.82 bits per heavy atom. The van der Waals surface area contributed by atoms with Crippen molar-refractivity contribution in [2.75, 3.05) is 0 Å². The highest BCUT2D eigenvalue weighted by Gasteiger charge is 2.10. The normalized spacial score (nSPS) is 11.1. The average molecular weight is 252 g/mol. The second-order valence-electron chi connectivity index (χ2n) is 3.88. The Morgan fingerprint density at radius 1 is 1.35 bits per heavy atom. The van der Waals surface area contributed by atoms with Crippen LogP contribution in [0.25, 0.3) is 0 Å². The molecule has 0 aliphatic carbocycles. The molecule has 1 heterocycles. The third kappa shape index (κ3) is 2.82. The first-order valence-electron chi connectivity index (χ1n) is 5.32.